The number of hydrogen-bond donors (Lipinski definition) is 0. The quantitative estimate of drug-likeness (QED) is 0.117. The Kier molecular flexibility index (Phi) is 12.9. The van der Waals surface area contributed by atoms with Gasteiger partial charge in [-0.05, 0) is 39.8 Å². The second-order valence-corrected chi connectivity index (χ2v) is 12.1. The van der Waals surface area contributed by atoms with Gasteiger partial charge in [-0.3, -0.25) is 0 Å². The third kappa shape index (κ3) is 10.5. The van der Waals surface area contributed by atoms with Crippen molar-refractivity contribution in [2.45, 2.75) is 27.7 Å². The van der Waals surface area contributed by atoms with Gasteiger partial charge in [0.1, 0.15) is 47.6 Å². The Hall–Kier alpha value is -4.06. The van der Waals surface area contributed by atoms with Crippen LogP contribution in [-0.2, 0) is 9.47 Å². The molecule has 2 aromatic carbocycles. The van der Waals surface area contributed by atoms with Crippen LogP contribution < -0.4 is 23.8 Å². The summed E-state index contributed by atoms with van der Waals surface area (Å²) in [7, 11) is -0.704. The van der Waals surface area contributed by atoms with Gasteiger partial charge >= 0.3 is 33.0 Å². The fourth-order valence-corrected chi connectivity index (χ4v) is 5.30. The summed E-state index contributed by atoms with van der Waals surface area (Å²) in [6.07, 6.45) is 4.08. The van der Waals surface area contributed by atoms with Crippen molar-refractivity contribution < 1.29 is 58.2 Å². The number of nitrogens with zero attached hydrogens (tertiary/aromatic N) is 2. The Morgan fingerprint density at radius 1 is 0.625 bits per heavy atom. The van der Waals surface area contributed by atoms with Crippen molar-refractivity contribution in [3.8, 4) is 23.0 Å². The van der Waals surface area contributed by atoms with Gasteiger partial charge in [-0.25, -0.2) is 4.58 Å². The van der Waals surface area contributed by atoms with Crippen molar-refractivity contribution in [1.29, 1.82) is 0 Å². The number of allylic oxidation sites excluding steroid dienone is 2. The first-order chi connectivity index (χ1) is 22.4. The Balaban J connectivity index is 0.00000103. The molecule has 1 aliphatic carbocycles. The summed E-state index contributed by atoms with van der Waals surface area (Å²) in [4.78, 5) is 2.25. The molecular formula is C33H45F6N2O6P. The molecule has 48 heavy (non-hydrogen) atoms. The Bertz CT molecular complexity index is 1490. The topological polar surface area (TPSA) is 61.6 Å². The van der Waals surface area contributed by atoms with Crippen molar-refractivity contribution in [2.75, 3.05) is 73.7 Å². The van der Waals surface area contributed by atoms with Crippen LogP contribution in [0.1, 0.15) is 38.8 Å². The standard InChI is InChI=1S/C33H45N2O6.F6P/c1-11-34(12-2)22-18-26(38-7)31(27(19-22)39-8)33(30-24(36-5)16-15-17-25(30)37-6)32-28(40-9)20-23(21-29(32)41-10)35(13-3)14-4;1-7(2,3,4,5)6/h15-21H,11-14H2,1-10H3;/q+1;-1. The summed E-state index contributed by atoms with van der Waals surface area (Å²) in [6.45, 7) is 11.9. The molecule has 0 unspecified atom stereocenters. The fourth-order valence-electron chi connectivity index (χ4n) is 5.30. The van der Waals surface area contributed by atoms with E-state index >= 15 is 0 Å². The molecule has 8 nitrogen and oxygen atoms in total. The van der Waals surface area contributed by atoms with Crippen molar-refractivity contribution in [2.24, 2.45) is 0 Å². The number of methoxy groups -OCH3 is 6. The van der Waals surface area contributed by atoms with E-state index in [0.717, 1.165) is 59.9 Å². The molecule has 0 radical (unpaired) electrons. The number of halogens is 6. The van der Waals surface area contributed by atoms with E-state index in [1.807, 2.05) is 42.5 Å². The van der Waals surface area contributed by atoms with Crippen LogP contribution >= 0.6 is 7.81 Å². The maximum atomic E-state index is 9.87. The Morgan fingerprint density at radius 2 is 1.00 bits per heavy atom. The first kappa shape index (κ1) is 40.1. The minimum atomic E-state index is -10.7. The van der Waals surface area contributed by atoms with Gasteiger partial charge in [0.25, 0.3) is 0 Å². The minimum absolute atomic E-state index is 0.619. The SMILES string of the molecule is CCN(CC)c1cc(OC)c(C(=C2C(OC)=CC(=[N+](CC)CC)C=C2OC)c2c(OC)cccc2OC)c(OC)c1.F[P-](F)(F)(F)(F)F. The van der Waals surface area contributed by atoms with E-state index in [4.69, 9.17) is 28.4 Å². The van der Waals surface area contributed by atoms with Crippen LogP contribution in [0.3, 0.4) is 0 Å². The predicted molar refractivity (Wildman–Crippen MR) is 179 cm³/mol. The normalized spacial score (nSPS) is 14.2. The zero-order chi connectivity index (χ0) is 36.5. The Morgan fingerprint density at radius 3 is 1.31 bits per heavy atom. The van der Waals surface area contributed by atoms with Crippen LogP contribution in [0, 0.1) is 0 Å². The summed E-state index contributed by atoms with van der Waals surface area (Å²) in [6, 6.07) is 9.79. The molecule has 270 valence electrons. The monoisotopic (exact) mass is 710 g/mol. The predicted octanol–water partition coefficient (Wildman–Crippen LogP) is 9.32. The van der Waals surface area contributed by atoms with Gasteiger partial charge in [0.2, 0.25) is 5.71 Å². The third-order valence-electron chi connectivity index (χ3n) is 7.42. The fraction of sp³-hybridized carbons (Fsp3) is 0.424. The van der Waals surface area contributed by atoms with E-state index in [9.17, 15) is 25.2 Å². The molecule has 2 aromatic rings. The molecule has 3 rings (SSSR count). The van der Waals surface area contributed by atoms with Gasteiger partial charge in [-0.2, -0.15) is 0 Å². The van der Waals surface area contributed by atoms with Crippen molar-refractivity contribution in [3.63, 3.8) is 0 Å². The van der Waals surface area contributed by atoms with E-state index in [1.165, 1.54) is 0 Å². The molecule has 0 aromatic heterocycles. The van der Waals surface area contributed by atoms with Gasteiger partial charge in [0.15, 0.2) is 0 Å². The summed E-state index contributed by atoms with van der Waals surface area (Å²) >= 11 is 0. The van der Waals surface area contributed by atoms with Gasteiger partial charge < -0.3 is 33.3 Å². The van der Waals surface area contributed by atoms with Crippen LogP contribution in [0.4, 0.5) is 30.9 Å². The van der Waals surface area contributed by atoms with E-state index in [-0.39, 0.29) is 0 Å². The number of ether oxygens (including phenoxy) is 6. The van der Waals surface area contributed by atoms with Crippen LogP contribution in [0.15, 0.2) is 59.6 Å². The number of anilines is 1. The molecule has 0 atom stereocenters. The molecule has 0 fully saturated rings. The number of benzene rings is 2. The molecule has 1 aliphatic rings. The Labute approximate surface area is 278 Å². The van der Waals surface area contributed by atoms with Crippen LogP contribution in [0.2, 0.25) is 0 Å². The van der Waals surface area contributed by atoms with Crippen molar-refractivity contribution in [1.82, 2.24) is 0 Å². The van der Waals surface area contributed by atoms with E-state index in [1.54, 1.807) is 42.7 Å². The number of hydrogen-bond acceptors (Lipinski definition) is 7. The molecule has 0 saturated carbocycles. The molecular weight excluding hydrogens is 665 g/mol. The average molecular weight is 711 g/mol. The molecule has 15 heteroatoms. The van der Waals surface area contributed by atoms with E-state index < -0.39 is 7.81 Å². The molecule has 0 aliphatic heterocycles. The van der Waals surface area contributed by atoms with Crippen molar-refractivity contribution in [3.05, 3.63) is 70.7 Å². The maximum absolute atomic E-state index is 10.7. The zero-order valence-electron chi connectivity index (χ0n) is 28.9. The summed E-state index contributed by atoms with van der Waals surface area (Å²) in [5.74, 6) is 3.76. The first-order valence-electron chi connectivity index (χ1n) is 15.0. The summed E-state index contributed by atoms with van der Waals surface area (Å²) < 4.78 is 97.6. The first-order valence-corrected chi connectivity index (χ1v) is 17.1. The average Bonchev–Trinajstić information content (AvgIpc) is 3.04. The zero-order valence-corrected chi connectivity index (χ0v) is 29.8. The molecule has 0 bridgehead atoms. The van der Waals surface area contributed by atoms with E-state index in [0.29, 0.717) is 34.5 Å². The van der Waals surface area contributed by atoms with Crippen LogP contribution in [0.5, 0.6) is 23.0 Å². The second kappa shape index (κ2) is 15.4. The van der Waals surface area contributed by atoms with Gasteiger partial charge in [-0.1, -0.05) is 6.07 Å². The molecule has 0 amide bonds. The third-order valence-corrected chi connectivity index (χ3v) is 7.42. The molecule has 0 heterocycles. The van der Waals surface area contributed by atoms with Crippen LogP contribution in [0.25, 0.3) is 5.57 Å². The summed E-state index contributed by atoms with van der Waals surface area (Å²) in [5, 5.41) is 0. The van der Waals surface area contributed by atoms with Gasteiger partial charge in [0.05, 0.1) is 71.5 Å². The molecule has 0 spiro atoms. The van der Waals surface area contributed by atoms with E-state index in [2.05, 4.69) is 37.2 Å². The number of rotatable bonds is 13. The summed E-state index contributed by atoms with van der Waals surface area (Å²) in [5.41, 5.74) is 4.89. The second-order valence-electron chi connectivity index (χ2n) is 10.2. The molecule has 0 saturated heterocycles. The van der Waals surface area contributed by atoms with Gasteiger partial charge in [-0.15, -0.1) is 0 Å². The van der Waals surface area contributed by atoms with Crippen molar-refractivity contribution >= 4 is 24.8 Å². The van der Waals surface area contributed by atoms with Gasteiger partial charge in [0, 0.05) is 36.5 Å². The van der Waals surface area contributed by atoms with Crippen LogP contribution in [-0.4, -0.2) is 79.1 Å². The molecule has 0 N–H and O–H groups in total.